The van der Waals surface area contributed by atoms with Gasteiger partial charge < -0.3 is 15.0 Å². The number of nitrogens with one attached hydrogen (secondary N) is 1. The lowest BCUT2D eigenvalue weighted by Gasteiger charge is -2.17. The van der Waals surface area contributed by atoms with Crippen LogP contribution in [0.2, 0.25) is 0 Å². The molecule has 2 aliphatic heterocycles. The van der Waals surface area contributed by atoms with Crippen molar-refractivity contribution in [1.82, 2.24) is 9.78 Å². The van der Waals surface area contributed by atoms with E-state index in [1.807, 2.05) is 39.8 Å². The molecule has 0 atom stereocenters. The van der Waals surface area contributed by atoms with Crippen molar-refractivity contribution in [3.8, 4) is 5.88 Å². The van der Waals surface area contributed by atoms with Crippen molar-refractivity contribution in [3.63, 3.8) is 0 Å². The zero-order valence-corrected chi connectivity index (χ0v) is 16.3. The van der Waals surface area contributed by atoms with Crippen molar-refractivity contribution in [1.29, 1.82) is 0 Å². The SMILES string of the molecule is Cc1cc(NC(=O)c2nn3c(c2C)OCCC3)cc2c1N(C)C(=O)C2(C)C. The Hall–Kier alpha value is -2.83. The van der Waals surface area contributed by atoms with Gasteiger partial charge in [-0.3, -0.25) is 9.59 Å². The van der Waals surface area contributed by atoms with Gasteiger partial charge in [-0.15, -0.1) is 0 Å². The minimum atomic E-state index is -0.618. The monoisotopic (exact) mass is 368 g/mol. The summed E-state index contributed by atoms with van der Waals surface area (Å²) in [4.78, 5) is 27.1. The van der Waals surface area contributed by atoms with E-state index in [2.05, 4.69) is 10.4 Å². The highest BCUT2D eigenvalue weighted by atomic mass is 16.5. The second kappa shape index (κ2) is 5.84. The zero-order chi connectivity index (χ0) is 19.5. The van der Waals surface area contributed by atoms with Crippen LogP contribution in [0, 0.1) is 13.8 Å². The molecule has 0 unspecified atom stereocenters. The highest BCUT2D eigenvalue weighted by molar-refractivity contribution is 6.09. The molecule has 0 bridgehead atoms. The summed E-state index contributed by atoms with van der Waals surface area (Å²) in [6.07, 6.45) is 0.885. The van der Waals surface area contributed by atoms with Gasteiger partial charge in [-0.05, 0) is 51.0 Å². The lowest BCUT2D eigenvalue weighted by molar-refractivity contribution is -0.121. The molecular weight excluding hydrogens is 344 g/mol. The van der Waals surface area contributed by atoms with Crippen molar-refractivity contribution < 1.29 is 14.3 Å². The number of carbonyl (C=O) groups excluding carboxylic acids is 2. The number of hydrogen-bond donors (Lipinski definition) is 1. The summed E-state index contributed by atoms with van der Waals surface area (Å²) in [6.45, 7) is 9.03. The number of benzene rings is 1. The van der Waals surface area contributed by atoms with Crippen LogP contribution in [0.25, 0.3) is 0 Å². The van der Waals surface area contributed by atoms with Crippen LogP contribution in [-0.4, -0.2) is 35.2 Å². The summed E-state index contributed by atoms with van der Waals surface area (Å²) in [7, 11) is 1.79. The van der Waals surface area contributed by atoms with Crippen molar-refractivity contribution in [2.24, 2.45) is 0 Å². The van der Waals surface area contributed by atoms with E-state index < -0.39 is 5.41 Å². The van der Waals surface area contributed by atoms with E-state index in [9.17, 15) is 9.59 Å². The molecule has 0 spiro atoms. The average Bonchev–Trinajstić information content (AvgIpc) is 3.04. The first-order valence-electron chi connectivity index (χ1n) is 9.16. The Morgan fingerprint density at radius 3 is 2.74 bits per heavy atom. The molecule has 4 rings (SSSR count). The van der Waals surface area contributed by atoms with E-state index in [0.717, 1.165) is 35.3 Å². The largest absolute Gasteiger partial charge is 0.478 e. The number of hydrogen-bond acceptors (Lipinski definition) is 4. The molecule has 0 saturated carbocycles. The maximum absolute atomic E-state index is 12.8. The lowest BCUT2D eigenvalue weighted by Crippen LogP contribution is -2.33. The highest BCUT2D eigenvalue weighted by Crippen LogP contribution is 2.44. The molecule has 1 aromatic heterocycles. The van der Waals surface area contributed by atoms with Crippen LogP contribution in [0.1, 0.15) is 47.4 Å². The second-order valence-electron chi connectivity index (χ2n) is 7.84. The third-order valence-electron chi connectivity index (χ3n) is 5.51. The number of likely N-dealkylation sites (N-methyl/N-ethyl adjacent to an activating group) is 1. The number of nitrogens with zero attached hydrogens (tertiary/aromatic N) is 3. The van der Waals surface area contributed by atoms with E-state index >= 15 is 0 Å². The number of anilines is 2. The molecule has 0 fully saturated rings. The summed E-state index contributed by atoms with van der Waals surface area (Å²) < 4.78 is 7.39. The van der Waals surface area contributed by atoms with E-state index in [4.69, 9.17) is 4.74 Å². The van der Waals surface area contributed by atoms with Crippen molar-refractivity contribution in [2.75, 3.05) is 23.9 Å². The van der Waals surface area contributed by atoms with Crippen LogP contribution in [0.3, 0.4) is 0 Å². The Labute approximate surface area is 158 Å². The molecule has 2 aromatic rings. The second-order valence-corrected chi connectivity index (χ2v) is 7.84. The van der Waals surface area contributed by atoms with Crippen LogP contribution in [-0.2, 0) is 16.8 Å². The van der Waals surface area contributed by atoms with Crippen LogP contribution in [0.15, 0.2) is 12.1 Å². The third-order valence-corrected chi connectivity index (χ3v) is 5.51. The smallest absolute Gasteiger partial charge is 0.276 e. The summed E-state index contributed by atoms with van der Waals surface area (Å²) in [5.74, 6) is 0.455. The van der Waals surface area contributed by atoms with Gasteiger partial charge in [0.15, 0.2) is 5.69 Å². The summed E-state index contributed by atoms with van der Waals surface area (Å²) in [6, 6.07) is 3.78. The Morgan fingerprint density at radius 2 is 2.04 bits per heavy atom. The molecule has 7 heteroatoms. The molecule has 0 radical (unpaired) electrons. The molecule has 2 aliphatic rings. The molecule has 1 N–H and O–H groups in total. The maximum atomic E-state index is 12.8. The number of ether oxygens (including phenoxy) is 1. The molecular formula is C20H24N4O3. The molecule has 0 aliphatic carbocycles. The van der Waals surface area contributed by atoms with Gasteiger partial charge in [0, 0.05) is 31.3 Å². The zero-order valence-electron chi connectivity index (χ0n) is 16.3. The highest BCUT2D eigenvalue weighted by Gasteiger charge is 2.43. The normalized spacial score (nSPS) is 17.4. The molecule has 3 heterocycles. The molecule has 7 nitrogen and oxygen atoms in total. The van der Waals surface area contributed by atoms with Crippen molar-refractivity contribution >= 4 is 23.2 Å². The van der Waals surface area contributed by atoms with E-state index in [1.54, 1.807) is 16.6 Å². The molecule has 142 valence electrons. The number of aryl methyl sites for hydroxylation is 2. The molecule has 1 aromatic carbocycles. The third kappa shape index (κ3) is 2.52. The number of carbonyl (C=O) groups is 2. The standard InChI is InChI=1S/C20H24N4O3/c1-11-9-13(10-14-16(11)23(5)19(26)20(14,3)4)21-17(25)15-12(2)18-24(22-15)7-6-8-27-18/h9-10H,6-8H2,1-5H3,(H,21,25). The Kier molecular flexibility index (Phi) is 3.80. The average molecular weight is 368 g/mol. The fourth-order valence-corrected chi connectivity index (χ4v) is 4.07. The topological polar surface area (TPSA) is 76.5 Å². The fraction of sp³-hybridized carbons (Fsp3) is 0.450. The van der Waals surface area contributed by atoms with E-state index in [0.29, 0.717) is 23.9 Å². The van der Waals surface area contributed by atoms with Gasteiger partial charge in [-0.25, -0.2) is 4.68 Å². The van der Waals surface area contributed by atoms with Gasteiger partial charge in [-0.2, -0.15) is 5.10 Å². The maximum Gasteiger partial charge on any atom is 0.276 e. The minimum Gasteiger partial charge on any atom is -0.478 e. The fourth-order valence-electron chi connectivity index (χ4n) is 4.07. The van der Waals surface area contributed by atoms with Crippen LogP contribution >= 0.6 is 0 Å². The van der Waals surface area contributed by atoms with E-state index in [-0.39, 0.29) is 11.8 Å². The first kappa shape index (κ1) is 17.6. The van der Waals surface area contributed by atoms with E-state index in [1.165, 1.54) is 0 Å². The van der Waals surface area contributed by atoms with Gasteiger partial charge in [0.2, 0.25) is 11.8 Å². The number of aromatic nitrogens is 2. The van der Waals surface area contributed by atoms with Gasteiger partial charge in [0.1, 0.15) is 0 Å². The Bertz CT molecular complexity index is 974. The van der Waals surface area contributed by atoms with Gasteiger partial charge in [-0.1, -0.05) is 0 Å². The first-order chi connectivity index (χ1) is 12.7. The Morgan fingerprint density at radius 1 is 1.30 bits per heavy atom. The molecule has 27 heavy (non-hydrogen) atoms. The predicted molar refractivity (Wildman–Crippen MR) is 103 cm³/mol. The Balaban J connectivity index is 1.68. The summed E-state index contributed by atoms with van der Waals surface area (Å²) in [5, 5.41) is 7.36. The number of rotatable bonds is 2. The predicted octanol–water partition coefficient (Wildman–Crippen LogP) is 2.79. The van der Waals surface area contributed by atoms with Gasteiger partial charge >= 0.3 is 0 Å². The first-order valence-corrected chi connectivity index (χ1v) is 9.16. The number of fused-ring (bicyclic) bond motifs is 2. The van der Waals surface area contributed by atoms with Crippen LogP contribution in [0.4, 0.5) is 11.4 Å². The number of amides is 2. The minimum absolute atomic E-state index is 0.0545. The summed E-state index contributed by atoms with van der Waals surface area (Å²) >= 11 is 0. The lowest BCUT2D eigenvalue weighted by atomic mass is 9.85. The van der Waals surface area contributed by atoms with Crippen LogP contribution in [0.5, 0.6) is 5.88 Å². The summed E-state index contributed by atoms with van der Waals surface area (Å²) in [5.41, 5.74) is 3.97. The molecule has 2 amide bonds. The quantitative estimate of drug-likeness (QED) is 0.884. The van der Waals surface area contributed by atoms with Crippen molar-refractivity contribution in [3.05, 3.63) is 34.5 Å². The van der Waals surface area contributed by atoms with Gasteiger partial charge in [0.05, 0.1) is 17.7 Å². The van der Waals surface area contributed by atoms with Gasteiger partial charge in [0.25, 0.3) is 5.91 Å². The van der Waals surface area contributed by atoms with Crippen molar-refractivity contribution in [2.45, 2.75) is 46.1 Å². The molecule has 0 saturated heterocycles. The van der Waals surface area contributed by atoms with Crippen LogP contribution < -0.4 is 15.0 Å².